The summed E-state index contributed by atoms with van der Waals surface area (Å²) in [5, 5.41) is 11.2. The quantitative estimate of drug-likeness (QED) is 0.206. The maximum absolute atomic E-state index is 12.6. The molecule has 9 nitrogen and oxygen atoms in total. The summed E-state index contributed by atoms with van der Waals surface area (Å²) in [4.78, 5) is 31.9. The van der Waals surface area contributed by atoms with Crippen LogP contribution in [0.2, 0.25) is 25.7 Å². The van der Waals surface area contributed by atoms with E-state index in [-0.39, 0.29) is 13.3 Å². The molecule has 32 heavy (non-hydrogen) atoms. The molecule has 10 heteroatoms. The number of aromatic nitrogens is 4. The predicted molar refractivity (Wildman–Crippen MR) is 127 cm³/mol. The fourth-order valence-corrected chi connectivity index (χ4v) is 4.08. The van der Waals surface area contributed by atoms with Crippen LogP contribution in [0.1, 0.15) is 25.2 Å². The van der Waals surface area contributed by atoms with Gasteiger partial charge in [0.2, 0.25) is 0 Å². The minimum absolute atomic E-state index is 0.155. The van der Waals surface area contributed by atoms with Crippen LogP contribution >= 0.6 is 0 Å². The molecule has 3 aromatic rings. The second-order valence-electron chi connectivity index (χ2n) is 9.21. The monoisotopic (exact) mass is 455 g/mol. The van der Waals surface area contributed by atoms with E-state index in [2.05, 4.69) is 29.6 Å². The number of hydrogen-bond acceptors (Lipinski definition) is 6. The third-order valence-corrected chi connectivity index (χ3v) is 6.67. The van der Waals surface area contributed by atoms with Crippen LogP contribution in [-0.2, 0) is 18.0 Å². The molecule has 3 aromatic heterocycles. The minimum Gasteiger partial charge on any atom is -0.361 e. The van der Waals surface area contributed by atoms with Crippen LogP contribution in [0.3, 0.4) is 0 Å². The number of ether oxygens (including phenoxy) is 1. The van der Waals surface area contributed by atoms with Crippen molar-refractivity contribution in [2.75, 3.05) is 6.61 Å². The second-order valence-corrected chi connectivity index (χ2v) is 14.8. The van der Waals surface area contributed by atoms with Gasteiger partial charge in [-0.25, -0.2) is 9.97 Å². The van der Waals surface area contributed by atoms with E-state index in [0.29, 0.717) is 6.61 Å². The normalized spacial score (nSPS) is 11.7. The lowest BCUT2D eigenvalue weighted by molar-refractivity contribution is -0.386. The first kappa shape index (κ1) is 23.5. The molecular formula is C22H29N5O4Si. The highest BCUT2D eigenvalue weighted by Crippen LogP contribution is 2.23. The molecule has 0 fully saturated rings. The number of rotatable bonds is 9. The second kappa shape index (κ2) is 9.57. The fourth-order valence-electron chi connectivity index (χ4n) is 3.32. The van der Waals surface area contributed by atoms with E-state index < -0.39 is 24.2 Å². The number of hydrogen-bond donors (Lipinski definition) is 0. The van der Waals surface area contributed by atoms with Gasteiger partial charge in [0, 0.05) is 32.6 Å². The van der Waals surface area contributed by atoms with Gasteiger partial charge >= 0.3 is 11.2 Å². The lowest BCUT2D eigenvalue weighted by atomic mass is 10.2. The third kappa shape index (κ3) is 5.57. The van der Waals surface area contributed by atoms with E-state index >= 15 is 0 Å². The summed E-state index contributed by atoms with van der Waals surface area (Å²) in [7, 11) is -1.24. The summed E-state index contributed by atoms with van der Waals surface area (Å²) < 4.78 is 9.31. The van der Waals surface area contributed by atoms with Crippen molar-refractivity contribution in [3.8, 4) is 0 Å². The van der Waals surface area contributed by atoms with Crippen molar-refractivity contribution in [2.24, 2.45) is 0 Å². The van der Waals surface area contributed by atoms with Crippen LogP contribution < -0.4 is 5.56 Å². The van der Waals surface area contributed by atoms with Crippen LogP contribution in [0.15, 0.2) is 41.1 Å². The Morgan fingerprint density at radius 2 is 2.03 bits per heavy atom. The molecule has 0 atom stereocenters. The van der Waals surface area contributed by atoms with Crippen LogP contribution in [0.25, 0.3) is 17.1 Å². The Kier molecular flexibility index (Phi) is 7.05. The van der Waals surface area contributed by atoms with Crippen LogP contribution in [-0.4, -0.2) is 38.7 Å². The Morgan fingerprint density at radius 1 is 1.28 bits per heavy atom. The average molecular weight is 456 g/mol. The van der Waals surface area contributed by atoms with E-state index in [1.165, 1.54) is 23.0 Å². The smallest absolute Gasteiger partial charge is 0.334 e. The molecule has 0 spiro atoms. The van der Waals surface area contributed by atoms with Gasteiger partial charge in [0.1, 0.15) is 13.1 Å². The van der Waals surface area contributed by atoms with Gasteiger partial charge in [0.25, 0.3) is 0 Å². The Bertz CT molecular complexity index is 1220. The van der Waals surface area contributed by atoms with E-state index in [4.69, 9.17) is 4.74 Å². The van der Waals surface area contributed by atoms with Gasteiger partial charge in [-0.3, -0.25) is 14.9 Å². The summed E-state index contributed by atoms with van der Waals surface area (Å²) in [6.07, 6.45) is 5.04. The van der Waals surface area contributed by atoms with E-state index in [1.807, 2.05) is 30.6 Å². The lowest BCUT2D eigenvalue weighted by Gasteiger charge is -2.17. The Morgan fingerprint density at radius 3 is 2.69 bits per heavy atom. The highest BCUT2D eigenvalue weighted by Gasteiger charge is 2.18. The molecule has 0 radical (unpaired) electrons. The molecule has 0 saturated carbocycles. The van der Waals surface area contributed by atoms with Crippen LogP contribution in [0.5, 0.6) is 0 Å². The highest BCUT2D eigenvalue weighted by atomic mass is 28.3. The molecule has 0 unspecified atom stereocenters. The van der Waals surface area contributed by atoms with Crippen molar-refractivity contribution >= 4 is 30.9 Å². The van der Waals surface area contributed by atoms with Gasteiger partial charge in [0.05, 0.1) is 28.2 Å². The van der Waals surface area contributed by atoms with Gasteiger partial charge in [-0.05, 0) is 38.1 Å². The first-order valence-electron chi connectivity index (χ1n) is 10.5. The molecule has 0 N–H and O–H groups in total. The number of nitrogens with zero attached hydrogens (tertiary/aromatic N) is 5. The lowest BCUT2D eigenvalue weighted by Crippen LogP contribution is -2.24. The average Bonchev–Trinajstić information content (AvgIpc) is 3.03. The standard InChI is InChI=1S/C22H29N5O4Si/c1-16(2)11-18-21-19(24-14-23-18)12-17(26(21)15-31-9-10-32(3,4)5)13-25-8-6-7-20(22(25)28)27(29)30/h6-8,11-12,14H,9-10,13,15H2,1-5H3. The topological polar surface area (TPSA) is 105 Å². The first-order valence-corrected chi connectivity index (χ1v) is 14.2. The molecule has 170 valence electrons. The molecular weight excluding hydrogens is 426 g/mol. The number of allylic oxidation sites excluding steroid dienone is 1. The van der Waals surface area contributed by atoms with Gasteiger partial charge in [-0.15, -0.1) is 0 Å². The van der Waals surface area contributed by atoms with Gasteiger partial charge in [-0.2, -0.15) is 0 Å². The molecule has 3 rings (SSSR count). The first-order chi connectivity index (χ1) is 15.1. The van der Waals surface area contributed by atoms with E-state index in [1.54, 1.807) is 6.20 Å². The van der Waals surface area contributed by atoms with Crippen molar-refractivity contribution in [1.82, 2.24) is 19.1 Å². The summed E-state index contributed by atoms with van der Waals surface area (Å²) in [6, 6.07) is 5.63. The van der Waals surface area contributed by atoms with Crippen LogP contribution in [0, 0.1) is 10.1 Å². The highest BCUT2D eigenvalue weighted by molar-refractivity contribution is 6.76. The Hall–Kier alpha value is -3.11. The Labute approximate surface area is 187 Å². The number of pyridine rings is 1. The van der Waals surface area contributed by atoms with Crippen molar-refractivity contribution < 1.29 is 9.66 Å². The zero-order valence-electron chi connectivity index (χ0n) is 19.2. The molecule has 0 aliphatic carbocycles. The zero-order valence-corrected chi connectivity index (χ0v) is 20.2. The molecule has 0 saturated heterocycles. The predicted octanol–water partition coefficient (Wildman–Crippen LogP) is 4.29. The van der Waals surface area contributed by atoms with Crippen molar-refractivity contribution in [1.29, 1.82) is 0 Å². The molecule has 0 bridgehead atoms. The van der Waals surface area contributed by atoms with Gasteiger partial charge in [0.15, 0.2) is 0 Å². The van der Waals surface area contributed by atoms with Crippen molar-refractivity contribution in [3.63, 3.8) is 0 Å². The molecule has 0 aromatic carbocycles. The number of fused-ring (bicyclic) bond motifs is 1. The fraction of sp³-hybridized carbons (Fsp3) is 0.409. The van der Waals surface area contributed by atoms with Gasteiger partial charge in [-0.1, -0.05) is 25.2 Å². The van der Waals surface area contributed by atoms with Crippen LogP contribution in [0.4, 0.5) is 5.69 Å². The SMILES string of the molecule is CC(C)=Cc1ncnc2cc(Cn3cccc([N+](=O)[O-])c3=O)n(COCC[Si](C)(C)C)c12. The summed E-state index contributed by atoms with van der Waals surface area (Å²) in [5.74, 6) is 0. The molecule has 0 aliphatic heterocycles. The van der Waals surface area contributed by atoms with Gasteiger partial charge < -0.3 is 13.9 Å². The molecule has 0 aliphatic rings. The van der Waals surface area contributed by atoms with E-state index in [9.17, 15) is 14.9 Å². The van der Waals surface area contributed by atoms with Crippen molar-refractivity contribution in [2.45, 2.75) is 52.8 Å². The van der Waals surface area contributed by atoms with Crippen molar-refractivity contribution in [3.05, 3.63) is 68.2 Å². The maximum atomic E-state index is 12.6. The third-order valence-electron chi connectivity index (χ3n) is 4.97. The summed E-state index contributed by atoms with van der Waals surface area (Å²) in [5.41, 5.74) is 3.07. The molecule has 0 amide bonds. The maximum Gasteiger partial charge on any atom is 0.334 e. The summed E-state index contributed by atoms with van der Waals surface area (Å²) >= 11 is 0. The molecule has 3 heterocycles. The zero-order chi connectivity index (χ0) is 23.5. The summed E-state index contributed by atoms with van der Waals surface area (Å²) in [6.45, 7) is 11.9. The Balaban J connectivity index is 2.05. The largest absolute Gasteiger partial charge is 0.361 e. The minimum atomic E-state index is -1.24. The van der Waals surface area contributed by atoms with E-state index in [0.717, 1.165) is 34.0 Å². The number of nitro groups is 1.